The van der Waals surface area contributed by atoms with Crippen LogP contribution < -0.4 is 0 Å². The molecule has 112 valence electrons. The summed E-state index contributed by atoms with van der Waals surface area (Å²) in [7, 11) is 0. The van der Waals surface area contributed by atoms with Crippen LogP contribution in [0.4, 0.5) is 0 Å². The zero-order chi connectivity index (χ0) is 14.8. The van der Waals surface area contributed by atoms with Crippen molar-refractivity contribution in [1.82, 2.24) is 4.90 Å². The van der Waals surface area contributed by atoms with Gasteiger partial charge in [0, 0.05) is 6.54 Å². The van der Waals surface area contributed by atoms with Crippen molar-refractivity contribution >= 4 is 11.9 Å². The van der Waals surface area contributed by atoms with Crippen molar-refractivity contribution in [2.24, 2.45) is 5.92 Å². The number of hydrogen-bond acceptors (Lipinski definition) is 3. The van der Waals surface area contributed by atoms with E-state index in [0.29, 0.717) is 6.54 Å². The molecule has 0 rings (SSSR count). The quantitative estimate of drug-likeness (QED) is 0.565. The third-order valence-electron chi connectivity index (χ3n) is 3.38. The molecule has 19 heavy (non-hydrogen) atoms. The summed E-state index contributed by atoms with van der Waals surface area (Å²) < 4.78 is 0. The molecule has 0 saturated carbocycles. The number of carbonyl (C=O) groups is 2. The van der Waals surface area contributed by atoms with Gasteiger partial charge in [0.05, 0.1) is 5.92 Å². The topological polar surface area (TPSA) is 77.8 Å². The molecular weight excluding hydrogens is 246 g/mol. The van der Waals surface area contributed by atoms with E-state index in [0.717, 1.165) is 19.3 Å². The molecule has 2 N–H and O–H groups in total. The van der Waals surface area contributed by atoms with E-state index in [2.05, 4.69) is 6.92 Å². The van der Waals surface area contributed by atoms with E-state index >= 15 is 0 Å². The summed E-state index contributed by atoms with van der Waals surface area (Å²) in [5.74, 6) is -2.32. The molecule has 5 nitrogen and oxygen atoms in total. The Morgan fingerprint density at radius 3 is 2.05 bits per heavy atom. The SMILES string of the molecule is CCCCCCCN(CC(C)C(=O)O)C(C)C(=O)O. The number of nitrogens with zero attached hydrogens (tertiary/aromatic N) is 1. The highest BCUT2D eigenvalue weighted by Crippen LogP contribution is 2.10. The minimum absolute atomic E-state index is 0.288. The number of hydrogen-bond donors (Lipinski definition) is 2. The molecular formula is C14H27NO4. The van der Waals surface area contributed by atoms with E-state index in [1.807, 2.05) is 0 Å². The van der Waals surface area contributed by atoms with Gasteiger partial charge in [0.2, 0.25) is 0 Å². The van der Waals surface area contributed by atoms with Crippen LogP contribution in [0.5, 0.6) is 0 Å². The lowest BCUT2D eigenvalue weighted by Crippen LogP contribution is -2.43. The van der Waals surface area contributed by atoms with E-state index in [1.54, 1.807) is 18.7 Å². The summed E-state index contributed by atoms with van der Waals surface area (Å²) >= 11 is 0. The van der Waals surface area contributed by atoms with Crippen molar-refractivity contribution in [3.8, 4) is 0 Å². The van der Waals surface area contributed by atoms with Crippen LogP contribution in [0.2, 0.25) is 0 Å². The summed E-state index contributed by atoms with van der Waals surface area (Å²) in [4.78, 5) is 23.7. The Bertz CT molecular complexity index is 281. The third kappa shape index (κ3) is 7.82. The molecule has 0 aromatic rings. The maximum absolute atomic E-state index is 11.0. The van der Waals surface area contributed by atoms with Gasteiger partial charge in [0.25, 0.3) is 0 Å². The zero-order valence-corrected chi connectivity index (χ0v) is 12.3. The number of aliphatic carboxylic acids is 2. The van der Waals surface area contributed by atoms with E-state index in [-0.39, 0.29) is 6.54 Å². The van der Waals surface area contributed by atoms with Crippen LogP contribution in [0.1, 0.15) is 52.9 Å². The number of carboxylic acid groups (broad SMARTS) is 2. The fraction of sp³-hybridized carbons (Fsp3) is 0.857. The van der Waals surface area contributed by atoms with Gasteiger partial charge < -0.3 is 10.2 Å². The van der Waals surface area contributed by atoms with Gasteiger partial charge in [-0.3, -0.25) is 14.5 Å². The average molecular weight is 273 g/mol. The Balaban J connectivity index is 4.26. The predicted molar refractivity (Wildman–Crippen MR) is 74.2 cm³/mol. The molecule has 0 heterocycles. The maximum atomic E-state index is 11.0. The fourth-order valence-electron chi connectivity index (χ4n) is 1.95. The summed E-state index contributed by atoms with van der Waals surface area (Å²) in [5.41, 5.74) is 0. The van der Waals surface area contributed by atoms with Crippen LogP contribution in [-0.2, 0) is 9.59 Å². The molecule has 2 atom stereocenters. The Kier molecular flexibility index (Phi) is 9.21. The molecule has 0 bridgehead atoms. The average Bonchev–Trinajstić information content (AvgIpc) is 2.35. The van der Waals surface area contributed by atoms with Crippen LogP contribution >= 0.6 is 0 Å². The minimum Gasteiger partial charge on any atom is -0.481 e. The van der Waals surface area contributed by atoms with Crippen LogP contribution in [0.25, 0.3) is 0 Å². The van der Waals surface area contributed by atoms with Gasteiger partial charge in [-0.2, -0.15) is 0 Å². The fourth-order valence-corrected chi connectivity index (χ4v) is 1.95. The highest BCUT2D eigenvalue weighted by molar-refractivity contribution is 5.73. The number of rotatable bonds is 11. The number of carboxylic acids is 2. The van der Waals surface area contributed by atoms with Crippen LogP contribution in [0.3, 0.4) is 0 Å². The van der Waals surface area contributed by atoms with E-state index in [1.165, 1.54) is 12.8 Å². The molecule has 0 aromatic heterocycles. The second kappa shape index (κ2) is 9.78. The van der Waals surface area contributed by atoms with Gasteiger partial charge >= 0.3 is 11.9 Å². The normalized spacial score (nSPS) is 14.3. The van der Waals surface area contributed by atoms with Gasteiger partial charge in [-0.1, -0.05) is 39.5 Å². The Morgan fingerprint density at radius 1 is 1.00 bits per heavy atom. The van der Waals surface area contributed by atoms with E-state index < -0.39 is 23.9 Å². The predicted octanol–water partition coefficient (Wildman–Crippen LogP) is 2.45. The third-order valence-corrected chi connectivity index (χ3v) is 3.38. The lowest BCUT2D eigenvalue weighted by atomic mass is 10.1. The van der Waals surface area contributed by atoms with Gasteiger partial charge in [0.15, 0.2) is 0 Å². The summed E-state index contributed by atoms with van der Waals surface area (Å²) in [6.45, 7) is 6.31. The van der Waals surface area contributed by atoms with Crippen molar-refractivity contribution in [2.75, 3.05) is 13.1 Å². The van der Waals surface area contributed by atoms with Crippen molar-refractivity contribution in [1.29, 1.82) is 0 Å². The second-order valence-corrected chi connectivity index (χ2v) is 5.16. The molecule has 0 aliphatic heterocycles. The smallest absolute Gasteiger partial charge is 0.320 e. The van der Waals surface area contributed by atoms with E-state index in [9.17, 15) is 9.59 Å². The van der Waals surface area contributed by atoms with Crippen LogP contribution in [0, 0.1) is 5.92 Å². The molecule has 0 radical (unpaired) electrons. The van der Waals surface area contributed by atoms with Gasteiger partial charge in [-0.05, 0) is 19.9 Å². The van der Waals surface area contributed by atoms with Crippen molar-refractivity contribution in [3.05, 3.63) is 0 Å². The molecule has 0 fully saturated rings. The van der Waals surface area contributed by atoms with E-state index in [4.69, 9.17) is 10.2 Å². The Morgan fingerprint density at radius 2 is 1.58 bits per heavy atom. The summed E-state index contributed by atoms with van der Waals surface area (Å²) in [6.07, 6.45) is 5.51. The first kappa shape index (κ1) is 17.9. The van der Waals surface area contributed by atoms with Crippen molar-refractivity contribution < 1.29 is 19.8 Å². The lowest BCUT2D eigenvalue weighted by molar-refractivity contribution is -0.146. The molecule has 0 aromatic carbocycles. The first-order valence-electron chi connectivity index (χ1n) is 7.09. The summed E-state index contributed by atoms with van der Waals surface area (Å²) in [6, 6.07) is -0.632. The van der Waals surface area contributed by atoms with Crippen molar-refractivity contribution in [3.63, 3.8) is 0 Å². The maximum Gasteiger partial charge on any atom is 0.320 e. The molecule has 0 amide bonds. The first-order valence-corrected chi connectivity index (χ1v) is 7.09. The first-order chi connectivity index (χ1) is 8.90. The monoisotopic (exact) mass is 273 g/mol. The van der Waals surface area contributed by atoms with Gasteiger partial charge in [-0.25, -0.2) is 0 Å². The molecule has 2 unspecified atom stereocenters. The van der Waals surface area contributed by atoms with Crippen LogP contribution in [0.15, 0.2) is 0 Å². The Labute approximate surface area is 115 Å². The summed E-state index contributed by atoms with van der Waals surface area (Å²) in [5, 5.41) is 18.0. The highest BCUT2D eigenvalue weighted by atomic mass is 16.4. The minimum atomic E-state index is -0.897. The molecule has 0 spiro atoms. The second-order valence-electron chi connectivity index (χ2n) is 5.16. The van der Waals surface area contributed by atoms with Crippen LogP contribution in [-0.4, -0.2) is 46.2 Å². The van der Waals surface area contributed by atoms with Crippen molar-refractivity contribution in [2.45, 2.75) is 58.9 Å². The standard InChI is InChI=1S/C14H27NO4/c1-4-5-6-7-8-9-15(12(3)14(18)19)10-11(2)13(16)17/h11-12H,4-10H2,1-3H3,(H,16,17)(H,18,19). The lowest BCUT2D eigenvalue weighted by Gasteiger charge is -2.27. The number of unbranched alkanes of at least 4 members (excludes halogenated alkanes) is 4. The molecule has 5 heteroatoms. The largest absolute Gasteiger partial charge is 0.481 e. The molecule has 0 saturated heterocycles. The zero-order valence-electron chi connectivity index (χ0n) is 12.3. The Hall–Kier alpha value is -1.10. The van der Waals surface area contributed by atoms with Gasteiger partial charge in [-0.15, -0.1) is 0 Å². The highest BCUT2D eigenvalue weighted by Gasteiger charge is 2.24. The molecule has 0 aliphatic rings. The molecule has 0 aliphatic carbocycles. The van der Waals surface area contributed by atoms with Gasteiger partial charge in [0.1, 0.15) is 6.04 Å².